The van der Waals surface area contributed by atoms with Crippen LogP contribution in [-0.4, -0.2) is 45.1 Å². The largest absolute Gasteiger partial charge is 0.497 e. The summed E-state index contributed by atoms with van der Waals surface area (Å²) in [6.45, 7) is 6.06. The van der Waals surface area contributed by atoms with Gasteiger partial charge < -0.3 is 19.6 Å². The lowest BCUT2D eigenvalue weighted by molar-refractivity contribution is 0.345. The number of nitrogens with one attached hydrogen (secondary N) is 2. The summed E-state index contributed by atoms with van der Waals surface area (Å²) >= 11 is 0. The quantitative estimate of drug-likeness (QED) is 0.310. The molecule has 2 N–H and O–H groups in total. The fraction of sp³-hybridized carbons (Fsp3) is 0.276. The normalized spacial score (nSPS) is 15.3. The average Bonchev–Trinajstić information content (AvgIpc) is 3.54. The molecule has 6 rings (SSSR count). The molecule has 1 aliphatic rings. The van der Waals surface area contributed by atoms with E-state index in [1.165, 1.54) is 12.1 Å². The number of rotatable bonds is 5. The lowest BCUT2D eigenvalue weighted by Gasteiger charge is -2.38. The molecule has 0 amide bonds. The number of anilines is 1. The zero-order valence-electron chi connectivity index (χ0n) is 21.2. The summed E-state index contributed by atoms with van der Waals surface area (Å²) in [5.74, 6) is 2.54. The van der Waals surface area contributed by atoms with Gasteiger partial charge in [-0.1, -0.05) is 6.92 Å². The molecule has 4 heterocycles. The number of aryl methyl sites for hydroxylation is 1. The number of ether oxygens (including phenoxy) is 1. The molecule has 0 radical (unpaired) electrons. The van der Waals surface area contributed by atoms with Crippen molar-refractivity contribution in [2.24, 2.45) is 0 Å². The molecule has 0 unspecified atom stereocenters. The van der Waals surface area contributed by atoms with Gasteiger partial charge in [-0.05, 0) is 79.9 Å². The lowest BCUT2D eigenvalue weighted by atomic mass is 9.79. The minimum Gasteiger partial charge on any atom is -0.497 e. The molecule has 0 spiro atoms. The Balaban J connectivity index is 1.23. The Labute approximate surface area is 214 Å². The molecule has 0 aliphatic carbocycles. The highest BCUT2D eigenvalue weighted by atomic mass is 19.1. The molecule has 3 aromatic heterocycles. The van der Waals surface area contributed by atoms with Gasteiger partial charge in [0.25, 0.3) is 0 Å². The van der Waals surface area contributed by atoms with Crippen LogP contribution in [0.15, 0.2) is 60.9 Å². The molecule has 1 fully saturated rings. The topological polar surface area (TPSA) is 82.7 Å². The van der Waals surface area contributed by atoms with E-state index in [-0.39, 0.29) is 11.2 Å². The van der Waals surface area contributed by atoms with Crippen LogP contribution >= 0.6 is 0 Å². The Morgan fingerprint density at radius 3 is 2.35 bits per heavy atom. The van der Waals surface area contributed by atoms with Crippen molar-refractivity contribution in [3.05, 3.63) is 78.3 Å². The van der Waals surface area contributed by atoms with Crippen LogP contribution in [0.25, 0.3) is 33.5 Å². The van der Waals surface area contributed by atoms with E-state index in [9.17, 15) is 4.39 Å². The van der Waals surface area contributed by atoms with Gasteiger partial charge in [-0.3, -0.25) is 0 Å². The van der Waals surface area contributed by atoms with Crippen LogP contribution in [0.5, 0.6) is 5.75 Å². The van der Waals surface area contributed by atoms with Crippen LogP contribution in [-0.2, 0) is 5.41 Å². The van der Waals surface area contributed by atoms with Gasteiger partial charge in [0.15, 0.2) is 0 Å². The maximum Gasteiger partial charge on any atom is 0.143 e. The highest BCUT2D eigenvalue weighted by Crippen LogP contribution is 2.38. The van der Waals surface area contributed by atoms with Gasteiger partial charge in [0.05, 0.1) is 23.9 Å². The first kappa shape index (κ1) is 23.2. The number of benzene rings is 2. The predicted molar refractivity (Wildman–Crippen MR) is 143 cm³/mol. The van der Waals surface area contributed by atoms with Gasteiger partial charge in [-0.25, -0.2) is 19.3 Å². The molecular weight excluding hydrogens is 467 g/mol. The summed E-state index contributed by atoms with van der Waals surface area (Å²) < 4.78 is 18.7. The van der Waals surface area contributed by atoms with E-state index < -0.39 is 0 Å². The SMILES string of the molecule is COc1ccc(-c2[nH]c(C3(C)CCN(c4ncnc5[nH]c(-c6ccc(F)cc6)cc45)CC3)nc2C)cc1. The average molecular weight is 497 g/mol. The van der Waals surface area contributed by atoms with Crippen LogP contribution < -0.4 is 9.64 Å². The number of halogens is 1. The van der Waals surface area contributed by atoms with Gasteiger partial charge in [0.2, 0.25) is 0 Å². The first-order valence-corrected chi connectivity index (χ1v) is 12.5. The molecule has 0 bridgehead atoms. The number of imidazole rings is 1. The molecule has 7 nitrogen and oxygen atoms in total. The molecule has 0 atom stereocenters. The first-order chi connectivity index (χ1) is 17.9. The van der Waals surface area contributed by atoms with Crippen molar-refractivity contribution in [2.45, 2.75) is 32.1 Å². The number of methoxy groups -OCH3 is 1. The highest BCUT2D eigenvalue weighted by Gasteiger charge is 2.36. The fourth-order valence-electron chi connectivity index (χ4n) is 5.20. The zero-order chi connectivity index (χ0) is 25.6. The first-order valence-electron chi connectivity index (χ1n) is 12.5. The number of hydrogen-bond acceptors (Lipinski definition) is 5. The highest BCUT2D eigenvalue weighted by molar-refractivity contribution is 5.92. The third-order valence-electron chi connectivity index (χ3n) is 7.56. The predicted octanol–water partition coefficient (Wildman–Crippen LogP) is 6.03. The van der Waals surface area contributed by atoms with E-state index in [2.05, 4.69) is 56.9 Å². The summed E-state index contributed by atoms with van der Waals surface area (Å²) in [6, 6.07) is 16.6. The number of aromatic amines is 2. The molecule has 1 saturated heterocycles. The second kappa shape index (κ2) is 9.03. The molecule has 1 aliphatic heterocycles. The van der Waals surface area contributed by atoms with Gasteiger partial charge >= 0.3 is 0 Å². The molecule has 37 heavy (non-hydrogen) atoms. The van der Waals surface area contributed by atoms with Crippen molar-refractivity contribution in [1.29, 1.82) is 0 Å². The molecule has 5 aromatic rings. The van der Waals surface area contributed by atoms with Gasteiger partial charge in [0.1, 0.15) is 35.2 Å². The minimum absolute atomic E-state index is 0.0600. The van der Waals surface area contributed by atoms with Crippen LogP contribution in [0.2, 0.25) is 0 Å². The Bertz CT molecular complexity index is 1550. The standard InChI is InChI=1S/C29H29FN6O/c1-18-25(20-6-10-22(37-3)11-7-20)35-28(33-18)29(2)12-14-36(15-13-29)27-23-16-24(34-26(23)31-17-32-27)19-4-8-21(30)9-5-19/h4-11,16-17H,12-15H2,1-3H3,(H,33,35)(H,31,32,34). The summed E-state index contributed by atoms with van der Waals surface area (Å²) in [4.78, 5) is 23.4. The maximum absolute atomic E-state index is 13.4. The number of nitrogens with zero attached hydrogens (tertiary/aromatic N) is 4. The second-order valence-corrected chi connectivity index (χ2v) is 9.97. The van der Waals surface area contributed by atoms with Crippen molar-refractivity contribution in [1.82, 2.24) is 24.9 Å². The molecular formula is C29H29FN6O. The van der Waals surface area contributed by atoms with Gasteiger partial charge in [-0.15, -0.1) is 0 Å². The fourth-order valence-corrected chi connectivity index (χ4v) is 5.20. The van der Waals surface area contributed by atoms with Crippen molar-refractivity contribution >= 4 is 16.9 Å². The Hall–Kier alpha value is -4.20. The monoisotopic (exact) mass is 496 g/mol. The molecule has 8 heteroatoms. The van der Waals surface area contributed by atoms with Gasteiger partial charge in [0, 0.05) is 29.8 Å². The number of fused-ring (bicyclic) bond motifs is 1. The van der Waals surface area contributed by atoms with Crippen LogP contribution in [0.3, 0.4) is 0 Å². The van der Waals surface area contributed by atoms with E-state index in [4.69, 9.17) is 9.72 Å². The van der Waals surface area contributed by atoms with E-state index in [0.29, 0.717) is 0 Å². The van der Waals surface area contributed by atoms with E-state index >= 15 is 0 Å². The lowest BCUT2D eigenvalue weighted by Crippen LogP contribution is -2.42. The molecule has 2 aromatic carbocycles. The molecule has 188 valence electrons. The number of hydrogen-bond donors (Lipinski definition) is 2. The van der Waals surface area contributed by atoms with E-state index in [0.717, 1.165) is 82.6 Å². The third-order valence-corrected chi connectivity index (χ3v) is 7.56. The van der Waals surface area contributed by atoms with Crippen molar-refractivity contribution in [3.8, 4) is 28.3 Å². The number of aromatic nitrogens is 5. The molecule has 0 saturated carbocycles. The maximum atomic E-state index is 13.4. The van der Waals surface area contributed by atoms with E-state index in [1.807, 2.05) is 12.1 Å². The Kier molecular flexibility index (Phi) is 5.67. The minimum atomic E-state index is -0.250. The van der Waals surface area contributed by atoms with Crippen LogP contribution in [0.4, 0.5) is 10.2 Å². The Morgan fingerprint density at radius 1 is 0.946 bits per heavy atom. The van der Waals surface area contributed by atoms with Crippen molar-refractivity contribution in [2.75, 3.05) is 25.1 Å². The number of piperidine rings is 1. The van der Waals surface area contributed by atoms with E-state index in [1.54, 1.807) is 25.6 Å². The van der Waals surface area contributed by atoms with Crippen molar-refractivity contribution in [3.63, 3.8) is 0 Å². The second-order valence-electron chi connectivity index (χ2n) is 9.97. The summed E-state index contributed by atoms with van der Waals surface area (Å²) in [6.07, 6.45) is 3.50. The smallest absolute Gasteiger partial charge is 0.143 e. The number of H-pyrrole nitrogens is 2. The van der Waals surface area contributed by atoms with Crippen molar-refractivity contribution < 1.29 is 9.13 Å². The summed E-state index contributed by atoms with van der Waals surface area (Å²) in [5.41, 5.74) is 5.69. The van der Waals surface area contributed by atoms with Gasteiger partial charge in [-0.2, -0.15) is 0 Å². The summed E-state index contributed by atoms with van der Waals surface area (Å²) in [7, 11) is 1.68. The van der Waals surface area contributed by atoms with Crippen LogP contribution in [0, 0.1) is 12.7 Å². The van der Waals surface area contributed by atoms with Crippen LogP contribution in [0.1, 0.15) is 31.3 Å². The zero-order valence-corrected chi connectivity index (χ0v) is 21.2. The summed E-state index contributed by atoms with van der Waals surface area (Å²) in [5, 5.41) is 0.973. The third kappa shape index (κ3) is 4.22. The Morgan fingerprint density at radius 2 is 1.65 bits per heavy atom.